The Morgan fingerprint density at radius 3 is 2.74 bits per heavy atom. The van der Waals surface area contributed by atoms with Crippen LogP contribution in [0.5, 0.6) is 0 Å². The summed E-state index contributed by atoms with van der Waals surface area (Å²) in [6.45, 7) is 1.98. The summed E-state index contributed by atoms with van der Waals surface area (Å²) in [5, 5.41) is 7.21. The Balaban J connectivity index is 1.55. The van der Waals surface area contributed by atoms with Crippen LogP contribution in [0.15, 0.2) is 65.5 Å². The predicted octanol–water partition coefficient (Wildman–Crippen LogP) is 3.28. The number of aromatic nitrogens is 2. The van der Waals surface area contributed by atoms with Crippen molar-refractivity contribution in [2.75, 3.05) is 0 Å². The van der Waals surface area contributed by atoms with E-state index in [2.05, 4.69) is 10.4 Å². The summed E-state index contributed by atoms with van der Waals surface area (Å²) in [5.41, 5.74) is 2.06. The smallest absolute Gasteiger partial charge is 0.220 e. The molecule has 3 rings (SSSR count). The van der Waals surface area contributed by atoms with Gasteiger partial charge in [0.2, 0.25) is 5.91 Å². The molecule has 3 aromatic rings. The van der Waals surface area contributed by atoms with Crippen LogP contribution in [0.2, 0.25) is 0 Å². The highest BCUT2D eigenvalue weighted by Gasteiger charge is 2.10. The molecule has 2 aromatic heterocycles. The van der Waals surface area contributed by atoms with Gasteiger partial charge in [0, 0.05) is 25.2 Å². The van der Waals surface area contributed by atoms with Gasteiger partial charge in [-0.15, -0.1) is 0 Å². The molecule has 0 saturated carbocycles. The van der Waals surface area contributed by atoms with Crippen molar-refractivity contribution in [1.82, 2.24) is 15.1 Å². The van der Waals surface area contributed by atoms with E-state index in [0.29, 0.717) is 12.8 Å². The van der Waals surface area contributed by atoms with Crippen LogP contribution in [0.4, 0.5) is 0 Å². The lowest BCUT2D eigenvalue weighted by Gasteiger charge is -2.14. The third-order valence-corrected chi connectivity index (χ3v) is 3.72. The van der Waals surface area contributed by atoms with E-state index in [9.17, 15) is 4.79 Å². The standard InChI is InChI=1S/C18H19N3O2/c1-14(20-18(22)10-9-17-4-2-13-23-17)15-5-7-16(8-6-15)21-12-3-11-19-21/h2-8,11-14H,9-10H2,1H3,(H,20,22). The molecule has 1 N–H and O–H groups in total. The van der Waals surface area contributed by atoms with Crippen LogP contribution in [-0.2, 0) is 11.2 Å². The fourth-order valence-electron chi connectivity index (χ4n) is 2.43. The number of carbonyl (C=O) groups excluding carboxylic acids is 1. The zero-order chi connectivity index (χ0) is 16.1. The number of hydrogen-bond donors (Lipinski definition) is 1. The first-order valence-electron chi connectivity index (χ1n) is 7.64. The lowest BCUT2D eigenvalue weighted by Crippen LogP contribution is -2.26. The minimum Gasteiger partial charge on any atom is -0.469 e. The molecule has 1 aromatic carbocycles. The summed E-state index contributed by atoms with van der Waals surface area (Å²) < 4.78 is 7.04. The van der Waals surface area contributed by atoms with E-state index in [1.165, 1.54) is 0 Å². The van der Waals surface area contributed by atoms with Crippen LogP contribution in [0, 0.1) is 0 Å². The van der Waals surface area contributed by atoms with Gasteiger partial charge in [0.1, 0.15) is 5.76 Å². The number of hydrogen-bond acceptors (Lipinski definition) is 3. The highest BCUT2D eigenvalue weighted by molar-refractivity contribution is 5.76. The molecule has 2 heterocycles. The number of aryl methyl sites for hydroxylation is 1. The molecular formula is C18H19N3O2. The van der Waals surface area contributed by atoms with E-state index in [1.54, 1.807) is 17.1 Å². The maximum Gasteiger partial charge on any atom is 0.220 e. The van der Waals surface area contributed by atoms with Crippen molar-refractivity contribution in [1.29, 1.82) is 0 Å². The monoisotopic (exact) mass is 309 g/mol. The highest BCUT2D eigenvalue weighted by atomic mass is 16.3. The molecule has 0 aliphatic rings. The normalized spacial score (nSPS) is 12.0. The van der Waals surface area contributed by atoms with Crippen LogP contribution in [-0.4, -0.2) is 15.7 Å². The quantitative estimate of drug-likeness (QED) is 0.760. The second kappa shape index (κ2) is 6.96. The molecule has 118 valence electrons. The molecule has 0 fully saturated rings. The van der Waals surface area contributed by atoms with Gasteiger partial charge in [-0.2, -0.15) is 5.10 Å². The second-order valence-electron chi connectivity index (χ2n) is 5.41. The van der Waals surface area contributed by atoms with Gasteiger partial charge >= 0.3 is 0 Å². The molecule has 23 heavy (non-hydrogen) atoms. The highest BCUT2D eigenvalue weighted by Crippen LogP contribution is 2.15. The van der Waals surface area contributed by atoms with Gasteiger partial charge < -0.3 is 9.73 Å². The molecule has 5 heteroatoms. The second-order valence-corrected chi connectivity index (χ2v) is 5.41. The van der Waals surface area contributed by atoms with Gasteiger partial charge in [-0.25, -0.2) is 4.68 Å². The summed E-state index contributed by atoms with van der Waals surface area (Å²) in [5.74, 6) is 0.849. The molecule has 0 saturated heterocycles. The fraction of sp³-hybridized carbons (Fsp3) is 0.222. The van der Waals surface area contributed by atoms with Gasteiger partial charge in [0.15, 0.2) is 0 Å². The number of nitrogens with zero attached hydrogens (tertiary/aromatic N) is 2. The van der Waals surface area contributed by atoms with Crippen molar-refractivity contribution in [3.05, 3.63) is 72.4 Å². The molecule has 1 amide bonds. The Bertz CT molecular complexity index is 731. The third-order valence-electron chi connectivity index (χ3n) is 3.72. The van der Waals surface area contributed by atoms with Crippen molar-refractivity contribution >= 4 is 5.91 Å². The van der Waals surface area contributed by atoms with E-state index in [4.69, 9.17) is 4.42 Å². The fourth-order valence-corrected chi connectivity index (χ4v) is 2.43. The number of rotatable bonds is 6. The van der Waals surface area contributed by atoms with Gasteiger partial charge in [0.25, 0.3) is 0 Å². The first-order valence-corrected chi connectivity index (χ1v) is 7.64. The van der Waals surface area contributed by atoms with E-state index in [1.807, 2.05) is 55.6 Å². The maximum absolute atomic E-state index is 12.0. The number of furan rings is 1. The van der Waals surface area contributed by atoms with Gasteiger partial charge in [0.05, 0.1) is 18.0 Å². The molecule has 0 bridgehead atoms. The summed E-state index contributed by atoms with van der Waals surface area (Å²) in [4.78, 5) is 12.0. The van der Waals surface area contributed by atoms with E-state index >= 15 is 0 Å². The van der Waals surface area contributed by atoms with E-state index < -0.39 is 0 Å². The molecule has 0 radical (unpaired) electrons. The van der Waals surface area contributed by atoms with Crippen molar-refractivity contribution in [3.8, 4) is 5.69 Å². The molecule has 0 aliphatic carbocycles. The van der Waals surface area contributed by atoms with E-state index in [0.717, 1.165) is 17.0 Å². The van der Waals surface area contributed by atoms with Gasteiger partial charge in [-0.3, -0.25) is 4.79 Å². The Kier molecular flexibility index (Phi) is 4.57. The van der Waals surface area contributed by atoms with Crippen LogP contribution in [0.3, 0.4) is 0 Å². The SMILES string of the molecule is CC(NC(=O)CCc1ccco1)c1ccc(-n2cccn2)cc1. The first kappa shape index (κ1) is 15.1. The molecule has 5 nitrogen and oxygen atoms in total. The topological polar surface area (TPSA) is 60.1 Å². The average Bonchev–Trinajstić information content (AvgIpc) is 3.26. The Labute approximate surface area is 134 Å². The van der Waals surface area contributed by atoms with E-state index in [-0.39, 0.29) is 11.9 Å². The Hall–Kier alpha value is -2.82. The van der Waals surface area contributed by atoms with Gasteiger partial charge in [-0.1, -0.05) is 12.1 Å². The van der Waals surface area contributed by atoms with Gasteiger partial charge in [-0.05, 0) is 42.8 Å². The van der Waals surface area contributed by atoms with Crippen molar-refractivity contribution in [2.24, 2.45) is 0 Å². The Morgan fingerprint density at radius 1 is 1.26 bits per heavy atom. The lowest BCUT2D eigenvalue weighted by molar-refractivity contribution is -0.121. The van der Waals surface area contributed by atoms with Crippen molar-refractivity contribution in [2.45, 2.75) is 25.8 Å². The van der Waals surface area contributed by atoms with Crippen LogP contribution >= 0.6 is 0 Å². The average molecular weight is 309 g/mol. The van der Waals surface area contributed by atoms with Crippen LogP contribution in [0.25, 0.3) is 5.69 Å². The molecular weight excluding hydrogens is 290 g/mol. The molecule has 0 spiro atoms. The summed E-state index contributed by atoms with van der Waals surface area (Å²) in [7, 11) is 0. The molecule has 1 atom stereocenters. The van der Waals surface area contributed by atoms with Crippen molar-refractivity contribution < 1.29 is 9.21 Å². The maximum atomic E-state index is 12.0. The number of amides is 1. The van der Waals surface area contributed by atoms with Crippen molar-refractivity contribution in [3.63, 3.8) is 0 Å². The van der Waals surface area contributed by atoms with Crippen LogP contribution < -0.4 is 5.32 Å². The number of nitrogens with one attached hydrogen (secondary N) is 1. The minimum atomic E-state index is -0.0363. The summed E-state index contributed by atoms with van der Waals surface area (Å²) >= 11 is 0. The van der Waals surface area contributed by atoms with Crippen LogP contribution in [0.1, 0.15) is 30.7 Å². The predicted molar refractivity (Wildman–Crippen MR) is 87.2 cm³/mol. The summed E-state index contributed by atoms with van der Waals surface area (Å²) in [6, 6.07) is 13.6. The largest absolute Gasteiger partial charge is 0.469 e. The Morgan fingerprint density at radius 2 is 2.09 bits per heavy atom. The lowest BCUT2D eigenvalue weighted by atomic mass is 10.1. The summed E-state index contributed by atoms with van der Waals surface area (Å²) in [6.07, 6.45) is 6.30. The first-order chi connectivity index (χ1) is 11.2. The zero-order valence-corrected chi connectivity index (χ0v) is 13.0. The third kappa shape index (κ3) is 3.88. The number of benzene rings is 1. The zero-order valence-electron chi connectivity index (χ0n) is 13.0. The molecule has 0 aliphatic heterocycles. The number of carbonyl (C=O) groups is 1. The molecule has 1 unspecified atom stereocenters. The minimum absolute atomic E-state index is 0.0186.